The number of aromatic nitrogens is 2. The standard InChI is InChI=1S/C18H16FN3O3/c1-24-15-10-13(14(19)11-16(15)25-2)18(23)20-17-8-9-22(21-17)12-6-4-3-5-7-12/h3-11H,1-2H3,(H,20,21,23). The molecule has 3 aromatic rings. The van der Waals surface area contributed by atoms with Crippen LogP contribution in [0.15, 0.2) is 54.7 Å². The zero-order valence-corrected chi connectivity index (χ0v) is 13.7. The summed E-state index contributed by atoms with van der Waals surface area (Å²) in [5.74, 6) is -0.550. The average Bonchev–Trinajstić information content (AvgIpc) is 3.10. The van der Waals surface area contributed by atoms with Crippen LogP contribution in [0.25, 0.3) is 5.69 Å². The minimum Gasteiger partial charge on any atom is -0.493 e. The van der Waals surface area contributed by atoms with Gasteiger partial charge in [0.05, 0.1) is 25.5 Å². The number of halogens is 1. The van der Waals surface area contributed by atoms with E-state index in [1.165, 1.54) is 20.3 Å². The number of benzene rings is 2. The van der Waals surface area contributed by atoms with Gasteiger partial charge in [-0.25, -0.2) is 9.07 Å². The minimum absolute atomic E-state index is 0.160. The normalized spacial score (nSPS) is 10.4. The first-order valence-electron chi connectivity index (χ1n) is 7.46. The number of nitrogens with one attached hydrogen (secondary N) is 1. The molecule has 0 saturated heterocycles. The van der Waals surface area contributed by atoms with Crippen molar-refractivity contribution in [3.63, 3.8) is 0 Å². The molecule has 1 aromatic heterocycles. The third-order valence-corrected chi connectivity index (χ3v) is 3.57. The van der Waals surface area contributed by atoms with E-state index < -0.39 is 11.7 Å². The Bertz CT molecular complexity index is 894. The van der Waals surface area contributed by atoms with E-state index in [0.29, 0.717) is 5.82 Å². The molecule has 1 heterocycles. The lowest BCUT2D eigenvalue weighted by Gasteiger charge is -2.10. The molecule has 128 valence electrons. The third-order valence-electron chi connectivity index (χ3n) is 3.57. The molecule has 25 heavy (non-hydrogen) atoms. The second-order valence-electron chi connectivity index (χ2n) is 5.12. The summed E-state index contributed by atoms with van der Waals surface area (Å²) in [4.78, 5) is 12.4. The van der Waals surface area contributed by atoms with Crippen molar-refractivity contribution in [3.8, 4) is 17.2 Å². The van der Waals surface area contributed by atoms with Crippen molar-refractivity contribution in [2.75, 3.05) is 19.5 Å². The van der Waals surface area contributed by atoms with Gasteiger partial charge in [-0.05, 0) is 18.2 Å². The summed E-state index contributed by atoms with van der Waals surface area (Å²) in [5.41, 5.74) is 0.687. The number of hydrogen-bond donors (Lipinski definition) is 1. The van der Waals surface area contributed by atoms with Crippen molar-refractivity contribution in [1.82, 2.24) is 9.78 Å². The van der Waals surface area contributed by atoms with Gasteiger partial charge in [-0.1, -0.05) is 18.2 Å². The van der Waals surface area contributed by atoms with Gasteiger partial charge in [-0.3, -0.25) is 4.79 Å². The lowest BCUT2D eigenvalue weighted by atomic mass is 10.1. The van der Waals surface area contributed by atoms with Crippen LogP contribution in [0.4, 0.5) is 10.2 Å². The van der Waals surface area contributed by atoms with E-state index in [2.05, 4.69) is 10.4 Å². The molecule has 3 rings (SSSR count). The Morgan fingerprint density at radius 1 is 1.08 bits per heavy atom. The molecule has 0 aliphatic carbocycles. The molecule has 0 aliphatic heterocycles. The highest BCUT2D eigenvalue weighted by Crippen LogP contribution is 2.30. The lowest BCUT2D eigenvalue weighted by molar-refractivity contribution is 0.102. The lowest BCUT2D eigenvalue weighted by Crippen LogP contribution is -2.15. The number of carbonyl (C=O) groups is 1. The van der Waals surface area contributed by atoms with Gasteiger partial charge >= 0.3 is 0 Å². The first-order chi connectivity index (χ1) is 12.1. The SMILES string of the molecule is COc1cc(F)c(C(=O)Nc2ccn(-c3ccccc3)n2)cc1OC. The smallest absolute Gasteiger partial charge is 0.259 e. The summed E-state index contributed by atoms with van der Waals surface area (Å²) >= 11 is 0. The van der Waals surface area contributed by atoms with Crippen LogP contribution in [-0.4, -0.2) is 29.9 Å². The molecule has 0 unspecified atom stereocenters. The molecule has 1 amide bonds. The molecule has 0 aliphatic rings. The Balaban J connectivity index is 1.82. The van der Waals surface area contributed by atoms with E-state index in [1.807, 2.05) is 30.3 Å². The van der Waals surface area contributed by atoms with Crippen molar-refractivity contribution in [2.24, 2.45) is 0 Å². The second-order valence-corrected chi connectivity index (χ2v) is 5.12. The summed E-state index contributed by atoms with van der Waals surface area (Å²) in [5, 5.41) is 6.83. The molecule has 0 saturated carbocycles. The number of amides is 1. The summed E-state index contributed by atoms with van der Waals surface area (Å²) in [7, 11) is 2.81. The fraction of sp³-hybridized carbons (Fsp3) is 0.111. The van der Waals surface area contributed by atoms with Crippen LogP contribution in [0.3, 0.4) is 0 Å². The fourth-order valence-electron chi connectivity index (χ4n) is 2.33. The minimum atomic E-state index is -0.711. The number of ether oxygens (including phenoxy) is 2. The van der Waals surface area contributed by atoms with Crippen molar-refractivity contribution in [2.45, 2.75) is 0 Å². The van der Waals surface area contributed by atoms with E-state index in [-0.39, 0.29) is 17.1 Å². The largest absolute Gasteiger partial charge is 0.493 e. The Kier molecular flexibility index (Phi) is 4.65. The van der Waals surface area contributed by atoms with Gasteiger partial charge in [-0.15, -0.1) is 0 Å². The monoisotopic (exact) mass is 341 g/mol. The maximum atomic E-state index is 14.2. The molecule has 0 bridgehead atoms. The Morgan fingerprint density at radius 3 is 2.44 bits per heavy atom. The predicted octanol–water partition coefficient (Wildman–Crippen LogP) is 3.28. The predicted molar refractivity (Wildman–Crippen MR) is 91.0 cm³/mol. The van der Waals surface area contributed by atoms with Crippen molar-refractivity contribution in [3.05, 3.63) is 66.1 Å². The van der Waals surface area contributed by atoms with Crippen LogP contribution in [0, 0.1) is 5.82 Å². The number of hydrogen-bond acceptors (Lipinski definition) is 4. The van der Waals surface area contributed by atoms with Gasteiger partial charge in [0.1, 0.15) is 5.82 Å². The summed E-state index contributed by atoms with van der Waals surface area (Å²) in [6.07, 6.45) is 1.70. The Hall–Kier alpha value is -3.35. The van der Waals surface area contributed by atoms with Gasteiger partial charge < -0.3 is 14.8 Å². The molecule has 6 nitrogen and oxygen atoms in total. The highest BCUT2D eigenvalue weighted by molar-refractivity contribution is 6.04. The molecule has 0 spiro atoms. The van der Waals surface area contributed by atoms with Crippen molar-refractivity contribution >= 4 is 11.7 Å². The number of rotatable bonds is 5. The van der Waals surface area contributed by atoms with Gasteiger partial charge in [-0.2, -0.15) is 5.10 Å². The third kappa shape index (κ3) is 3.45. The molecular formula is C18H16FN3O3. The van der Waals surface area contributed by atoms with Crippen LogP contribution in [0.5, 0.6) is 11.5 Å². The molecule has 7 heteroatoms. The van der Waals surface area contributed by atoms with Crippen molar-refractivity contribution < 1.29 is 18.7 Å². The highest BCUT2D eigenvalue weighted by Gasteiger charge is 2.18. The van der Waals surface area contributed by atoms with Crippen LogP contribution >= 0.6 is 0 Å². The zero-order chi connectivity index (χ0) is 17.8. The molecular weight excluding hydrogens is 325 g/mol. The van der Waals surface area contributed by atoms with E-state index in [4.69, 9.17) is 9.47 Å². The van der Waals surface area contributed by atoms with E-state index in [1.54, 1.807) is 16.9 Å². The number of para-hydroxylation sites is 1. The topological polar surface area (TPSA) is 65.4 Å². The molecule has 0 atom stereocenters. The van der Waals surface area contributed by atoms with Gasteiger partial charge in [0, 0.05) is 18.3 Å². The first-order valence-corrected chi connectivity index (χ1v) is 7.46. The fourth-order valence-corrected chi connectivity index (χ4v) is 2.33. The van der Waals surface area contributed by atoms with Gasteiger partial charge in [0.25, 0.3) is 5.91 Å². The van der Waals surface area contributed by atoms with Crippen LogP contribution in [-0.2, 0) is 0 Å². The first kappa shape index (κ1) is 16.5. The van der Waals surface area contributed by atoms with Crippen LogP contribution in [0.2, 0.25) is 0 Å². The summed E-state index contributed by atoms with van der Waals surface area (Å²) in [6.45, 7) is 0. The van der Waals surface area contributed by atoms with Gasteiger partial charge in [0.2, 0.25) is 0 Å². The van der Waals surface area contributed by atoms with E-state index in [0.717, 1.165) is 11.8 Å². The van der Waals surface area contributed by atoms with E-state index >= 15 is 0 Å². The van der Waals surface area contributed by atoms with Crippen LogP contribution < -0.4 is 14.8 Å². The Morgan fingerprint density at radius 2 is 1.76 bits per heavy atom. The van der Waals surface area contributed by atoms with E-state index in [9.17, 15) is 9.18 Å². The summed E-state index contributed by atoms with van der Waals surface area (Å²) < 4.78 is 25.9. The van der Waals surface area contributed by atoms with Crippen LogP contribution in [0.1, 0.15) is 10.4 Å². The van der Waals surface area contributed by atoms with Crippen molar-refractivity contribution in [1.29, 1.82) is 0 Å². The number of methoxy groups -OCH3 is 2. The highest BCUT2D eigenvalue weighted by atomic mass is 19.1. The maximum absolute atomic E-state index is 14.2. The Labute approximate surface area is 143 Å². The number of carbonyl (C=O) groups excluding carboxylic acids is 1. The van der Waals surface area contributed by atoms with Gasteiger partial charge in [0.15, 0.2) is 17.3 Å². The number of anilines is 1. The molecule has 0 radical (unpaired) electrons. The molecule has 0 fully saturated rings. The number of nitrogens with zero attached hydrogens (tertiary/aromatic N) is 2. The summed E-state index contributed by atoms with van der Waals surface area (Å²) in [6, 6.07) is 13.5. The second kappa shape index (κ2) is 7.04. The molecule has 2 aromatic carbocycles. The molecule has 1 N–H and O–H groups in total. The average molecular weight is 341 g/mol. The quantitative estimate of drug-likeness (QED) is 0.773. The maximum Gasteiger partial charge on any atom is 0.259 e. The zero-order valence-electron chi connectivity index (χ0n) is 13.7.